The molecule has 0 saturated carbocycles. The zero-order valence-corrected chi connectivity index (χ0v) is 8.59. The molecule has 70 valence electrons. The molecule has 0 aromatic heterocycles. The summed E-state index contributed by atoms with van der Waals surface area (Å²) in [5, 5.41) is 0. The van der Waals surface area contributed by atoms with Crippen LogP contribution in [0.25, 0.3) is 0 Å². The summed E-state index contributed by atoms with van der Waals surface area (Å²) in [7, 11) is 0. The van der Waals surface area contributed by atoms with Crippen LogP contribution < -0.4 is 0 Å². The van der Waals surface area contributed by atoms with Gasteiger partial charge in [-0.2, -0.15) is 0 Å². The molecule has 0 bridgehead atoms. The Morgan fingerprint density at radius 3 is 3.00 bits per heavy atom. The number of fused-ring (bicyclic) bond motifs is 1. The normalized spacial score (nSPS) is 26.8. The van der Waals surface area contributed by atoms with Gasteiger partial charge in [-0.25, -0.2) is 0 Å². The fourth-order valence-electron chi connectivity index (χ4n) is 2.13. The lowest BCUT2D eigenvalue weighted by atomic mass is 9.81. The number of allylic oxidation sites excluding steroid dienone is 6. The fourth-order valence-corrected chi connectivity index (χ4v) is 2.13. The van der Waals surface area contributed by atoms with Crippen LogP contribution >= 0.6 is 0 Å². The van der Waals surface area contributed by atoms with Crippen molar-refractivity contribution in [3.8, 4) is 0 Å². The second-order valence-electron chi connectivity index (χ2n) is 4.44. The van der Waals surface area contributed by atoms with Gasteiger partial charge in [0.1, 0.15) is 0 Å². The second kappa shape index (κ2) is 3.53. The summed E-state index contributed by atoms with van der Waals surface area (Å²) < 4.78 is 0. The Bertz CT molecular complexity index is 276. The molecule has 0 radical (unpaired) electrons. The van der Waals surface area contributed by atoms with E-state index in [0.717, 1.165) is 11.8 Å². The van der Waals surface area contributed by atoms with E-state index in [-0.39, 0.29) is 0 Å². The van der Waals surface area contributed by atoms with Gasteiger partial charge in [-0.05, 0) is 42.2 Å². The van der Waals surface area contributed by atoms with Gasteiger partial charge in [-0.15, -0.1) is 0 Å². The maximum Gasteiger partial charge on any atom is -0.0169 e. The van der Waals surface area contributed by atoms with Gasteiger partial charge in [-0.1, -0.05) is 38.2 Å². The molecule has 2 rings (SSSR count). The Morgan fingerprint density at radius 2 is 2.23 bits per heavy atom. The smallest absolute Gasteiger partial charge is 0.0169 e. The Kier molecular flexibility index (Phi) is 2.39. The van der Waals surface area contributed by atoms with Gasteiger partial charge >= 0.3 is 0 Å². The first kappa shape index (κ1) is 8.80. The van der Waals surface area contributed by atoms with Crippen LogP contribution in [-0.2, 0) is 0 Å². The van der Waals surface area contributed by atoms with Crippen LogP contribution in [0.15, 0.2) is 35.5 Å². The zero-order valence-electron chi connectivity index (χ0n) is 8.59. The maximum absolute atomic E-state index is 2.50. The summed E-state index contributed by atoms with van der Waals surface area (Å²) in [5.74, 6) is 1.57. The van der Waals surface area contributed by atoms with Crippen molar-refractivity contribution in [1.29, 1.82) is 0 Å². The molecule has 0 fully saturated rings. The van der Waals surface area contributed by atoms with E-state index in [9.17, 15) is 0 Å². The van der Waals surface area contributed by atoms with E-state index >= 15 is 0 Å². The molecule has 2 aliphatic carbocycles. The first-order valence-corrected chi connectivity index (χ1v) is 5.35. The van der Waals surface area contributed by atoms with Gasteiger partial charge in [0.05, 0.1) is 0 Å². The van der Waals surface area contributed by atoms with E-state index < -0.39 is 0 Å². The Balaban J connectivity index is 2.20. The molecule has 0 nitrogen and oxygen atoms in total. The van der Waals surface area contributed by atoms with Crippen molar-refractivity contribution >= 4 is 0 Å². The first-order valence-electron chi connectivity index (χ1n) is 5.35. The lowest BCUT2D eigenvalue weighted by Gasteiger charge is -2.24. The van der Waals surface area contributed by atoms with E-state index in [2.05, 4.69) is 38.2 Å². The SMILES string of the molecule is CC(C)C1C=C2CCC=CC2=CC1. The fraction of sp³-hybridized carbons (Fsp3) is 0.538. The minimum Gasteiger partial charge on any atom is -0.0836 e. The molecule has 0 amide bonds. The maximum atomic E-state index is 2.50. The molecule has 2 aliphatic rings. The number of hydrogen-bond acceptors (Lipinski definition) is 0. The van der Waals surface area contributed by atoms with Crippen molar-refractivity contribution < 1.29 is 0 Å². The third-order valence-corrected chi connectivity index (χ3v) is 3.13. The number of hydrogen-bond donors (Lipinski definition) is 0. The summed E-state index contributed by atoms with van der Waals surface area (Å²) in [6.45, 7) is 4.64. The van der Waals surface area contributed by atoms with Gasteiger partial charge in [0.25, 0.3) is 0 Å². The topological polar surface area (TPSA) is 0 Å². The van der Waals surface area contributed by atoms with E-state index in [4.69, 9.17) is 0 Å². The second-order valence-corrected chi connectivity index (χ2v) is 4.44. The standard InChI is InChI=1S/C13H18/c1-10(2)12-8-7-11-5-3-4-6-13(11)9-12/h3,5,7,9-10,12H,4,6,8H2,1-2H3. The monoisotopic (exact) mass is 174 g/mol. The summed E-state index contributed by atoms with van der Waals surface area (Å²) >= 11 is 0. The van der Waals surface area contributed by atoms with Crippen LogP contribution in [0.3, 0.4) is 0 Å². The van der Waals surface area contributed by atoms with Crippen LogP contribution in [-0.4, -0.2) is 0 Å². The largest absolute Gasteiger partial charge is 0.0836 e. The van der Waals surface area contributed by atoms with Crippen LogP contribution in [0.5, 0.6) is 0 Å². The average Bonchev–Trinajstić information content (AvgIpc) is 2.17. The van der Waals surface area contributed by atoms with Gasteiger partial charge in [-0.3, -0.25) is 0 Å². The highest BCUT2D eigenvalue weighted by Gasteiger charge is 2.17. The van der Waals surface area contributed by atoms with Crippen molar-refractivity contribution in [2.24, 2.45) is 11.8 Å². The minimum atomic E-state index is 0.783. The van der Waals surface area contributed by atoms with Crippen molar-refractivity contribution in [2.75, 3.05) is 0 Å². The lowest BCUT2D eigenvalue weighted by molar-refractivity contribution is 0.462. The van der Waals surface area contributed by atoms with Gasteiger partial charge in [0.2, 0.25) is 0 Å². The van der Waals surface area contributed by atoms with Crippen molar-refractivity contribution in [1.82, 2.24) is 0 Å². The van der Waals surface area contributed by atoms with E-state index in [0.29, 0.717) is 0 Å². The molecule has 0 heteroatoms. The van der Waals surface area contributed by atoms with E-state index in [1.54, 1.807) is 5.57 Å². The molecule has 0 aromatic carbocycles. The molecule has 0 spiro atoms. The number of rotatable bonds is 1. The van der Waals surface area contributed by atoms with Crippen LogP contribution in [0, 0.1) is 11.8 Å². The predicted octanol–water partition coefficient (Wildman–Crippen LogP) is 3.87. The van der Waals surface area contributed by atoms with Gasteiger partial charge in [0.15, 0.2) is 0 Å². The van der Waals surface area contributed by atoms with Crippen molar-refractivity contribution in [2.45, 2.75) is 33.1 Å². The van der Waals surface area contributed by atoms with Crippen LogP contribution in [0.4, 0.5) is 0 Å². The summed E-state index contributed by atoms with van der Waals surface area (Å²) in [4.78, 5) is 0. The Hall–Kier alpha value is -0.780. The lowest BCUT2D eigenvalue weighted by Crippen LogP contribution is -2.11. The van der Waals surface area contributed by atoms with E-state index in [1.807, 2.05) is 0 Å². The van der Waals surface area contributed by atoms with E-state index in [1.165, 1.54) is 24.8 Å². The molecule has 13 heavy (non-hydrogen) atoms. The Labute approximate surface area is 81.0 Å². The molecule has 0 aliphatic heterocycles. The summed E-state index contributed by atoms with van der Waals surface area (Å²) in [5.41, 5.74) is 3.08. The molecule has 1 atom stereocenters. The zero-order chi connectivity index (χ0) is 9.26. The minimum absolute atomic E-state index is 0.783. The summed E-state index contributed by atoms with van der Waals surface area (Å²) in [6, 6.07) is 0. The van der Waals surface area contributed by atoms with Crippen molar-refractivity contribution in [3.05, 3.63) is 35.5 Å². The molecular formula is C13H18. The molecule has 0 aromatic rings. The third-order valence-electron chi connectivity index (χ3n) is 3.13. The molecule has 0 N–H and O–H groups in total. The van der Waals surface area contributed by atoms with Crippen LogP contribution in [0.2, 0.25) is 0 Å². The highest BCUT2D eigenvalue weighted by molar-refractivity contribution is 5.44. The van der Waals surface area contributed by atoms with Crippen molar-refractivity contribution in [3.63, 3.8) is 0 Å². The first-order chi connectivity index (χ1) is 6.27. The Morgan fingerprint density at radius 1 is 1.38 bits per heavy atom. The van der Waals surface area contributed by atoms with Crippen LogP contribution in [0.1, 0.15) is 33.1 Å². The highest BCUT2D eigenvalue weighted by Crippen LogP contribution is 2.33. The molecule has 1 unspecified atom stereocenters. The highest BCUT2D eigenvalue weighted by atomic mass is 14.2. The molecular weight excluding hydrogens is 156 g/mol. The molecule has 0 saturated heterocycles. The summed E-state index contributed by atoms with van der Waals surface area (Å²) in [6.07, 6.45) is 13.2. The predicted molar refractivity (Wildman–Crippen MR) is 57.5 cm³/mol. The average molecular weight is 174 g/mol. The quantitative estimate of drug-likeness (QED) is 0.566. The van der Waals surface area contributed by atoms with Gasteiger partial charge in [0, 0.05) is 0 Å². The van der Waals surface area contributed by atoms with Gasteiger partial charge < -0.3 is 0 Å². The molecule has 0 heterocycles. The third kappa shape index (κ3) is 1.77.